The molecule has 2 heterocycles. The van der Waals surface area contributed by atoms with Gasteiger partial charge in [-0.15, -0.1) is 0 Å². The third-order valence-electron chi connectivity index (χ3n) is 4.09. The van der Waals surface area contributed by atoms with E-state index >= 15 is 0 Å². The van der Waals surface area contributed by atoms with Gasteiger partial charge in [-0.25, -0.2) is 4.39 Å². The van der Waals surface area contributed by atoms with Crippen LogP contribution in [0.3, 0.4) is 0 Å². The number of hydrogen-bond acceptors (Lipinski definition) is 5. The van der Waals surface area contributed by atoms with E-state index in [1.165, 1.54) is 23.2 Å². The molecule has 2 aromatic rings. The second-order valence-corrected chi connectivity index (χ2v) is 5.93. The Labute approximate surface area is 143 Å². The number of anilines is 1. The largest absolute Gasteiger partial charge is 0.379 e. The van der Waals surface area contributed by atoms with Crippen LogP contribution in [0.5, 0.6) is 0 Å². The first-order chi connectivity index (χ1) is 11.8. The summed E-state index contributed by atoms with van der Waals surface area (Å²) in [5.74, 6) is -1.99. The highest BCUT2D eigenvalue weighted by Gasteiger charge is 2.39. The topological polar surface area (TPSA) is 115 Å². The lowest BCUT2D eigenvalue weighted by atomic mass is 9.88. The molecule has 0 bridgehead atoms. The number of carbonyl (C=O) groups excluding carboxylic acids is 2. The van der Waals surface area contributed by atoms with Crippen molar-refractivity contribution in [2.24, 2.45) is 16.5 Å². The molecule has 0 radical (unpaired) electrons. The van der Waals surface area contributed by atoms with Gasteiger partial charge >= 0.3 is 0 Å². The van der Waals surface area contributed by atoms with E-state index in [4.69, 9.17) is 11.5 Å². The number of nitrogens with zero attached hydrogens (tertiary/aromatic N) is 3. The SMILES string of the molecule is CC1(c2cc(C(N)=O)ccc2F)CN(c2cccnc2)C(=O)C(N)=N1. The lowest BCUT2D eigenvalue weighted by molar-refractivity contribution is -0.113. The fourth-order valence-corrected chi connectivity index (χ4v) is 2.83. The van der Waals surface area contributed by atoms with Crippen molar-refractivity contribution in [3.63, 3.8) is 0 Å². The summed E-state index contributed by atoms with van der Waals surface area (Å²) in [6, 6.07) is 7.16. The summed E-state index contributed by atoms with van der Waals surface area (Å²) in [4.78, 5) is 33.4. The van der Waals surface area contributed by atoms with Gasteiger partial charge < -0.3 is 16.4 Å². The Hall–Kier alpha value is -3.29. The molecule has 2 amide bonds. The van der Waals surface area contributed by atoms with Crippen molar-refractivity contribution < 1.29 is 14.0 Å². The predicted molar refractivity (Wildman–Crippen MR) is 90.5 cm³/mol. The minimum atomic E-state index is -1.18. The van der Waals surface area contributed by atoms with E-state index in [1.807, 2.05) is 0 Å². The number of pyridine rings is 1. The van der Waals surface area contributed by atoms with Crippen LogP contribution in [0.4, 0.5) is 10.1 Å². The normalized spacial score (nSPS) is 20.3. The van der Waals surface area contributed by atoms with Crippen molar-refractivity contribution in [3.8, 4) is 0 Å². The Morgan fingerprint density at radius 1 is 1.36 bits per heavy atom. The Bertz CT molecular complexity index is 884. The maximum absolute atomic E-state index is 14.4. The van der Waals surface area contributed by atoms with Gasteiger partial charge in [-0.2, -0.15) is 0 Å². The number of amidine groups is 1. The van der Waals surface area contributed by atoms with Gasteiger partial charge in [-0.1, -0.05) is 0 Å². The molecule has 128 valence electrons. The van der Waals surface area contributed by atoms with Crippen molar-refractivity contribution in [1.29, 1.82) is 0 Å². The number of aromatic nitrogens is 1. The van der Waals surface area contributed by atoms with Crippen molar-refractivity contribution in [3.05, 3.63) is 59.7 Å². The number of halogens is 1. The van der Waals surface area contributed by atoms with Gasteiger partial charge in [0.25, 0.3) is 5.91 Å². The molecule has 8 heteroatoms. The van der Waals surface area contributed by atoms with Gasteiger partial charge in [0.05, 0.1) is 18.4 Å². The number of carbonyl (C=O) groups is 2. The second kappa shape index (κ2) is 5.97. The highest BCUT2D eigenvalue weighted by molar-refractivity contribution is 6.42. The van der Waals surface area contributed by atoms with Crippen LogP contribution in [0.25, 0.3) is 0 Å². The zero-order valence-electron chi connectivity index (χ0n) is 13.4. The van der Waals surface area contributed by atoms with Gasteiger partial charge in [0, 0.05) is 17.3 Å². The molecule has 0 saturated heterocycles. The molecule has 1 aliphatic rings. The molecule has 1 aliphatic heterocycles. The lowest BCUT2D eigenvalue weighted by Crippen LogP contribution is -2.52. The third-order valence-corrected chi connectivity index (χ3v) is 4.09. The van der Waals surface area contributed by atoms with Crippen LogP contribution in [0.2, 0.25) is 0 Å². The predicted octanol–water partition coefficient (Wildman–Crippen LogP) is 0.939. The zero-order chi connectivity index (χ0) is 18.2. The minimum Gasteiger partial charge on any atom is -0.379 e. The molecule has 1 aromatic heterocycles. The van der Waals surface area contributed by atoms with Crippen LogP contribution in [0.15, 0.2) is 47.7 Å². The number of aliphatic imine (C=N–C) groups is 1. The van der Waals surface area contributed by atoms with Crippen LogP contribution in [-0.4, -0.2) is 29.2 Å². The first-order valence-corrected chi connectivity index (χ1v) is 7.49. The Balaban J connectivity index is 2.11. The highest BCUT2D eigenvalue weighted by atomic mass is 19.1. The fraction of sp³-hybridized carbons (Fsp3) is 0.176. The molecule has 7 nitrogen and oxygen atoms in total. The molecule has 1 aromatic carbocycles. The Morgan fingerprint density at radius 2 is 2.12 bits per heavy atom. The smallest absolute Gasteiger partial charge is 0.293 e. The van der Waals surface area contributed by atoms with Gasteiger partial charge in [0.1, 0.15) is 11.4 Å². The van der Waals surface area contributed by atoms with Crippen molar-refractivity contribution >= 4 is 23.3 Å². The van der Waals surface area contributed by atoms with Crippen LogP contribution in [-0.2, 0) is 10.3 Å². The van der Waals surface area contributed by atoms with E-state index in [2.05, 4.69) is 9.98 Å². The Morgan fingerprint density at radius 3 is 2.76 bits per heavy atom. The maximum Gasteiger partial charge on any atom is 0.293 e. The molecule has 0 aliphatic carbocycles. The van der Waals surface area contributed by atoms with E-state index < -0.39 is 23.2 Å². The number of hydrogen-bond donors (Lipinski definition) is 2. The molecule has 4 N–H and O–H groups in total. The maximum atomic E-state index is 14.4. The average Bonchev–Trinajstić information content (AvgIpc) is 2.59. The standard InChI is InChI=1S/C17H16FN5O2/c1-17(12-7-10(15(20)24)4-5-13(12)18)9-23(16(25)14(19)22-17)11-3-2-6-21-8-11/h2-8H,9H2,1H3,(H2,19,22)(H2,20,24). The number of primary amides is 1. The summed E-state index contributed by atoms with van der Waals surface area (Å²) in [6.45, 7) is 1.68. The second-order valence-electron chi connectivity index (χ2n) is 5.93. The Kier molecular flexibility index (Phi) is 3.96. The van der Waals surface area contributed by atoms with E-state index in [1.54, 1.807) is 25.3 Å². The van der Waals surface area contributed by atoms with E-state index in [-0.39, 0.29) is 23.5 Å². The number of benzene rings is 1. The average molecular weight is 341 g/mol. The summed E-state index contributed by atoms with van der Waals surface area (Å²) in [5, 5.41) is 0. The summed E-state index contributed by atoms with van der Waals surface area (Å²) in [5.41, 5.74) is 10.7. The number of amides is 2. The van der Waals surface area contributed by atoms with Gasteiger partial charge in [-0.05, 0) is 37.3 Å². The molecular formula is C17H16FN5O2. The summed E-state index contributed by atoms with van der Waals surface area (Å²) in [7, 11) is 0. The van der Waals surface area contributed by atoms with Crippen molar-refractivity contribution in [1.82, 2.24) is 4.98 Å². The molecule has 0 spiro atoms. The van der Waals surface area contributed by atoms with E-state index in [0.717, 1.165) is 6.07 Å². The number of nitrogens with two attached hydrogens (primary N) is 2. The highest BCUT2D eigenvalue weighted by Crippen LogP contribution is 2.33. The zero-order valence-corrected chi connectivity index (χ0v) is 13.4. The van der Waals surface area contributed by atoms with Crippen LogP contribution in [0, 0.1) is 5.82 Å². The summed E-state index contributed by atoms with van der Waals surface area (Å²) < 4.78 is 14.4. The van der Waals surface area contributed by atoms with Gasteiger partial charge in [0.2, 0.25) is 5.91 Å². The van der Waals surface area contributed by atoms with E-state index in [9.17, 15) is 14.0 Å². The quantitative estimate of drug-likeness (QED) is 0.864. The summed E-state index contributed by atoms with van der Waals surface area (Å²) >= 11 is 0. The molecule has 25 heavy (non-hydrogen) atoms. The molecular weight excluding hydrogens is 325 g/mol. The monoisotopic (exact) mass is 341 g/mol. The summed E-state index contributed by atoms with van der Waals surface area (Å²) in [6.07, 6.45) is 3.08. The van der Waals surface area contributed by atoms with Gasteiger partial charge in [0.15, 0.2) is 5.84 Å². The number of rotatable bonds is 3. The minimum absolute atomic E-state index is 0.0390. The molecule has 1 unspecified atom stereocenters. The lowest BCUT2D eigenvalue weighted by Gasteiger charge is -2.37. The van der Waals surface area contributed by atoms with Crippen LogP contribution < -0.4 is 16.4 Å². The fourth-order valence-electron chi connectivity index (χ4n) is 2.83. The molecule has 3 rings (SSSR count). The van der Waals surface area contributed by atoms with Crippen molar-refractivity contribution in [2.75, 3.05) is 11.4 Å². The van der Waals surface area contributed by atoms with Crippen molar-refractivity contribution in [2.45, 2.75) is 12.5 Å². The van der Waals surface area contributed by atoms with E-state index in [0.29, 0.717) is 5.69 Å². The first kappa shape index (κ1) is 16.6. The van der Waals surface area contributed by atoms with Crippen LogP contribution >= 0.6 is 0 Å². The molecule has 1 atom stereocenters. The van der Waals surface area contributed by atoms with Crippen LogP contribution in [0.1, 0.15) is 22.8 Å². The molecule has 0 saturated carbocycles. The molecule has 0 fully saturated rings. The third kappa shape index (κ3) is 2.93. The van der Waals surface area contributed by atoms with Gasteiger partial charge in [-0.3, -0.25) is 19.6 Å². The first-order valence-electron chi connectivity index (χ1n) is 7.49.